The molecule has 0 atom stereocenters. The number of primary amides is 1. The lowest BCUT2D eigenvalue weighted by Gasteiger charge is -2.46. The number of fused-ring (bicyclic) bond motifs is 4. The number of nitrogens with two attached hydrogens (primary N) is 1. The number of aromatic amines is 1. The molecule has 3 saturated heterocycles. The van der Waals surface area contributed by atoms with Crippen LogP contribution in [0.25, 0.3) is 22.2 Å². The van der Waals surface area contributed by atoms with E-state index in [1.165, 1.54) is 0 Å². The Bertz CT molecular complexity index is 1220. The Hall–Kier alpha value is -3.46. The largest absolute Gasteiger partial charge is 0.480 e. The predicted octanol–water partition coefficient (Wildman–Crippen LogP) is 3.83. The predicted molar refractivity (Wildman–Crippen MR) is 149 cm³/mol. The molecule has 9 nitrogen and oxygen atoms in total. The number of carbonyl (C=O) groups is 2. The Morgan fingerprint density at radius 1 is 1.11 bits per heavy atom. The number of nitrogens with one attached hydrogen (secondary N) is 2. The zero-order valence-electron chi connectivity index (χ0n) is 22.6. The summed E-state index contributed by atoms with van der Waals surface area (Å²) in [5, 5.41) is 3.72. The number of nitrogens with zero attached hydrogens (tertiary/aromatic N) is 3. The molecule has 38 heavy (non-hydrogen) atoms. The number of carbonyl (C=O) groups excluding carboxylic acids is 2. The number of imidazole rings is 1. The van der Waals surface area contributed by atoms with Gasteiger partial charge in [-0.2, -0.15) is 0 Å². The molecular weight excluding hydrogens is 480 g/mol. The van der Waals surface area contributed by atoms with Crippen molar-refractivity contribution in [1.82, 2.24) is 25.2 Å². The highest BCUT2D eigenvalue weighted by atomic mass is 16.5. The highest BCUT2D eigenvalue weighted by Crippen LogP contribution is 2.39. The number of aryl methyl sites for hydroxylation is 1. The molecule has 0 radical (unpaired) electrons. The van der Waals surface area contributed by atoms with Gasteiger partial charge in [-0.15, -0.1) is 0 Å². The SMILES string of the molecule is CNC(=O)CCCCCCc1ncc(-c2cc3ccccc3nc2OC)[nH]1.NC(=O)C12CCN(CC1)CC2. The lowest BCUT2D eigenvalue weighted by Crippen LogP contribution is -2.53. The summed E-state index contributed by atoms with van der Waals surface area (Å²) in [4.78, 5) is 37.2. The van der Waals surface area contributed by atoms with Gasteiger partial charge >= 0.3 is 0 Å². The second-order valence-electron chi connectivity index (χ2n) is 10.3. The van der Waals surface area contributed by atoms with Crippen LogP contribution in [0.2, 0.25) is 0 Å². The van der Waals surface area contributed by atoms with Crippen molar-refractivity contribution in [2.75, 3.05) is 33.8 Å². The van der Waals surface area contributed by atoms with Crippen molar-refractivity contribution in [2.45, 2.75) is 57.8 Å². The standard InChI is InChI=1S/C21H26N4O2.C8H14N2O/c1-22-20(26)12-6-4-3-5-11-19-23-14-18(24-19)16-13-15-9-7-8-10-17(15)25-21(16)27-2;9-7(11)8-1-4-10(5-2-8)6-3-8/h7-10,13-14H,3-6,11-12H2,1-2H3,(H,22,26)(H,23,24);1-6H2,(H2,9,11). The van der Waals surface area contributed by atoms with Crippen LogP contribution in [0, 0.1) is 5.41 Å². The summed E-state index contributed by atoms with van der Waals surface area (Å²) >= 11 is 0. The fraction of sp³-hybridized carbons (Fsp3) is 0.517. The summed E-state index contributed by atoms with van der Waals surface area (Å²) in [6.45, 7) is 3.22. The number of unbranched alkanes of at least 4 members (excludes halogenated alkanes) is 3. The summed E-state index contributed by atoms with van der Waals surface area (Å²) in [7, 11) is 3.31. The first kappa shape index (κ1) is 27.6. The van der Waals surface area contributed by atoms with Crippen molar-refractivity contribution in [3.05, 3.63) is 42.4 Å². The number of methoxy groups -OCH3 is 1. The molecule has 6 rings (SSSR count). The Morgan fingerprint density at radius 3 is 2.47 bits per heavy atom. The minimum absolute atomic E-state index is 0.0724. The summed E-state index contributed by atoms with van der Waals surface area (Å²) in [5.41, 5.74) is 8.01. The minimum Gasteiger partial charge on any atom is -0.480 e. The van der Waals surface area contributed by atoms with E-state index in [1.54, 1.807) is 14.2 Å². The molecule has 9 heteroatoms. The van der Waals surface area contributed by atoms with E-state index < -0.39 is 0 Å². The number of rotatable bonds is 10. The molecule has 0 unspecified atom stereocenters. The molecule has 0 saturated carbocycles. The third-order valence-electron chi connectivity index (χ3n) is 7.89. The maximum absolute atomic E-state index is 11.2. The number of hydrogen-bond acceptors (Lipinski definition) is 6. The van der Waals surface area contributed by atoms with E-state index in [1.807, 2.05) is 30.5 Å². The smallest absolute Gasteiger partial charge is 0.223 e. The number of ether oxygens (including phenoxy) is 1. The number of pyridine rings is 1. The second-order valence-corrected chi connectivity index (χ2v) is 10.3. The number of H-pyrrole nitrogens is 1. The van der Waals surface area contributed by atoms with Gasteiger partial charge < -0.3 is 25.7 Å². The zero-order valence-corrected chi connectivity index (χ0v) is 22.6. The fourth-order valence-electron chi connectivity index (χ4n) is 5.33. The van der Waals surface area contributed by atoms with E-state index in [-0.39, 0.29) is 17.2 Å². The number of benzene rings is 1. The van der Waals surface area contributed by atoms with Crippen molar-refractivity contribution in [2.24, 2.45) is 11.1 Å². The maximum Gasteiger partial charge on any atom is 0.223 e. The second kappa shape index (κ2) is 12.9. The maximum atomic E-state index is 11.2. The van der Waals surface area contributed by atoms with Crippen molar-refractivity contribution in [3.8, 4) is 17.1 Å². The van der Waals surface area contributed by atoms with E-state index in [0.29, 0.717) is 12.3 Å². The summed E-state index contributed by atoms with van der Waals surface area (Å²) in [5.74, 6) is 1.60. The molecule has 2 aromatic heterocycles. The number of piperidine rings is 3. The van der Waals surface area contributed by atoms with Crippen LogP contribution in [0.1, 0.15) is 57.2 Å². The average Bonchev–Trinajstić information content (AvgIpc) is 3.44. The summed E-state index contributed by atoms with van der Waals surface area (Å²) in [6, 6.07) is 10.1. The molecule has 2 amide bonds. The highest BCUT2D eigenvalue weighted by Gasteiger charge is 2.43. The van der Waals surface area contributed by atoms with Crippen LogP contribution in [0.3, 0.4) is 0 Å². The van der Waals surface area contributed by atoms with Gasteiger partial charge in [-0.25, -0.2) is 9.97 Å². The van der Waals surface area contributed by atoms with E-state index in [4.69, 9.17) is 10.5 Å². The Labute approximate surface area is 224 Å². The summed E-state index contributed by atoms with van der Waals surface area (Å²) < 4.78 is 5.48. The molecule has 4 N–H and O–H groups in total. The van der Waals surface area contributed by atoms with Gasteiger partial charge in [0.15, 0.2) is 0 Å². The molecule has 3 fully saturated rings. The first-order valence-electron chi connectivity index (χ1n) is 13.6. The molecule has 3 aromatic rings. The minimum atomic E-state index is -0.116. The third kappa shape index (κ3) is 6.69. The summed E-state index contributed by atoms with van der Waals surface area (Å²) in [6.07, 6.45) is 10.4. The van der Waals surface area contributed by atoms with E-state index >= 15 is 0 Å². The normalized spacial score (nSPS) is 20.0. The molecule has 3 aliphatic heterocycles. The lowest BCUT2D eigenvalue weighted by molar-refractivity contribution is -0.134. The van der Waals surface area contributed by atoms with Gasteiger partial charge in [-0.05, 0) is 63.9 Å². The average molecular weight is 521 g/mol. The number of aromatic nitrogens is 3. The van der Waals surface area contributed by atoms with Gasteiger partial charge in [0.25, 0.3) is 0 Å². The van der Waals surface area contributed by atoms with Gasteiger partial charge in [0.2, 0.25) is 17.7 Å². The molecule has 204 valence electrons. The monoisotopic (exact) mass is 520 g/mol. The topological polar surface area (TPSA) is 126 Å². The Balaban J connectivity index is 0.000000253. The van der Waals surface area contributed by atoms with Crippen LogP contribution in [0.5, 0.6) is 5.88 Å². The molecule has 0 aliphatic carbocycles. The molecule has 2 bridgehead atoms. The van der Waals surface area contributed by atoms with Crippen molar-refractivity contribution < 1.29 is 14.3 Å². The molecule has 5 heterocycles. The van der Waals surface area contributed by atoms with Crippen LogP contribution >= 0.6 is 0 Å². The van der Waals surface area contributed by atoms with E-state index in [2.05, 4.69) is 31.2 Å². The number of amides is 2. The van der Waals surface area contributed by atoms with Crippen LogP contribution < -0.4 is 15.8 Å². The third-order valence-corrected chi connectivity index (χ3v) is 7.89. The molecule has 3 aliphatic rings. The van der Waals surface area contributed by atoms with Gasteiger partial charge in [0.1, 0.15) is 5.82 Å². The zero-order chi connectivity index (χ0) is 27.0. The van der Waals surface area contributed by atoms with E-state index in [9.17, 15) is 9.59 Å². The number of para-hydroxylation sites is 1. The first-order chi connectivity index (χ1) is 18.4. The molecule has 0 spiro atoms. The van der Waals surface area contributed by atoms with E-state index in [0.717, 1.165) is 99.0 Å². The molecular formula is C29H40N6O3. The van der Waals surface area contributed by atoms with Crippen molar-refractivity contribution >= 4 is 22.7 Å². The van der Waals surface area contributed by atoms with Gasteiger partial charge in [0, 0.05) is 25.3 Å². The number of hydrogen-bond donors (Lipinski definition) is 3. The first-order valence-corrected chi connectivity index (χ1v) is 13.6. The Morgan fingerprint density at radius 2 is 1.82 bits per heavy atom. The van der Waals surface area contributed by atoms with Crippen molar-refractivity contribution in [1.29, 1.82) is 0 Å². The Kier molecular flexibility index (Phi) is 9.33. The van der Waals surface area contributed by atoms with Gasteiger partial charge in [-0.1, -0.05) is 31.0 Å². The molecule has 1 aromatic carbocycles. The highest BCUT2D eigenvalue weighted by molar-refractivity contribution is 5.85. The fourth-order valence-corrected chi connectivity index (χ4v) is 5.33. The van der Waals surface area contributed by atoms with Crippen LogP contribution in [0.4, 0.5) is 0 Å². The van der Waals surface area contributed by atoms with Crippen molar-refractivity contribution in [3.63, 3.8) is 0 Å². The quantitative estimate of drug-likeness (QED) is 0.349. The van der Waals surface area contributed by atoms with Gasteiger partial charge in [0.05, 0.1) is 35.5 Å². The van der Waals surface area contributed by atoms with Crippen LogP contribution in [-0.2, 0) is 16.0 Å². The van der Waals surface area contributed by atoms with Gasteiger partial charge in [-0.3, -0.25) is 9.59 Å². The van der Waals surface area contributed by atoms with Crippen LogP contribution in [-0.4, -0.2) is 65.5 Å². The lowest BCUT2D eigenvalue weighted by atomic mass is 9.71. The van der Waals surface area contributed by atoms with Crippen LogP contribution in [0.15, 0.2) is 36.5 Å².